The Balaban J connectivity index is 2.29. The summed E-state index contributed by atoms with van der Waals surface area (Å²) in [6.07, 6.45) is 0.911. The van der Waals surface area contributed by atoms with E-state index in [-0.39, 0.29) is 0 Å². The molecule has 2 nitrogen and oxygen atoms in total. The second-order valence-corrected chi connectivity index (χ2v) is 5.93. The number of nitrogens with two attached hydrogens (primary N) is 1. The molecule has 2 heteroatoms. The maximum absolute atomic E-state index is 6.13. The van der Waals surface area contributed by atoms with Crippen molar-refractivity contribution in [3.63, 3.8) is 0 Å². The van der Waals surface area contributed by atoms with Gasteiger partial charge in [-0.25, -0.2) is 0 Å². The van der Waals surface area contributed by atoms with Gasteiger partial charge in [0.1, 0.15) is 11.5 Å². The molecular formula is C19H25NO. The molecule has 2 aromatic rings. The molecule has 0 spiro atoms. The number of hydrogen-bond donors (Lipinski definition) is 1. The number of ether oxygens (including phenoxy) is 1. The number of hydrogen-bond acceptors (Lipinski definition) is 2. The first-order valence-corrected chi connectivity index (χ1v) is 7.59. The Hall–Kier alpha value is -1.80. The van der Waals surface area contributed by atoms with Crippen LogP contribution in [-0.2, 0) is 6.42 Å². The number of aryl methyl sites for hydroxylation is 2. The predicted octanol–water partition coefficient (Wildman–Crippen LogP) is 4.72. The summed E-state index contributed by atoms with van der Waals surface area (Å²) >= 11 is 0. The van der Waals surface area contributed by atoms with Crippen molar-refractivity contribution in [2.75, 3.05) is 6.54 Å². The van der Waals surface area contributed by atoms with Gasteiger partial charge in [0.15, 0.2) is 0 Å². The predicted molar refractivity (Wildman–Crippen MR) is 89.3 cm³/mol. The molecule has 0 aliphatic rings. The van der Waals surface area contributed by atoms with Gasteiger partial charge in [-0.3, -0.25) is 0 Å². The van der Waals surface area contributed by atoms with E-state index in [1.165, 1.54) is 22.3 Å². The molecule has 2 rings (SSSR count). The molecule has 0 unspecified atom stereocenters. The molecule has 0 saturated carbocycles. The topological polar surface area (TPSA) is 35.2 Å². The highest BCUT2D eigenvalue weighted by Crippen LogP contribution is 2.32. The lowest BCUT2D eigenvalue weighted by Gasteiger charge is -2.15. The Labute approximate surface area is 127 Å². The Morgan fingerprint density at radius 2 is 1.81 bits per heavy atom. The van der Waals surface area contributed by atoms with Crippen LogP contribution < -0.4 is 10.5 Å². The van der Waals surface area contributed by atoms with Crippen LogP contribution in [0.5, 0.6) is 11.5 Å². The third-order valence-electron chi connectivity index (χ3n) is 3.75. The van der Waals surface area contributed by atoms with Crippen LogP contribution in [0, 0.1) is 13.8 Å². The van der Waals surface area contributed by atoms with E-state index in [1.807, 2.05) is 6.07 Å². The van der Waals surface area contributed by atoms with Gasteiger partial charge in [-0.2, -0.15) is 0 Å². The quantitative estimate of drug-likeness (QED) is 0.861. The minimum absolute atomic E-state index is 0.443. The minimum Gasteiger partial charge on any atom is -0.457 e. The molecule has 0 aromatic heterocycles. The van der Waals surface area contributed by atoms with Crippen molar-refractivity contribution < 1.29 is 4.74 Å². The molecule has 0 aliphatic carbocycles. The molecule has 2 aromatic carbocycles. The molecule has 0 bridgehead atoms. The molecule has 21 heavy (non-hydrogen) atoms. The van der Waals surface area contributed by atoms with E-state index < -0.39 is 0 Å². The highest BCUT2D eigenvalue weighted by molar-refractivity contribution is 5.43. The molecule has 0 saturated heterocycles. The molecule has 0 aliphatic heterocycles. The summed E-state index contributed by atoms with van der Waals surface area (Å²) in [6.45, 7) is 9.25. The molecular weight excluding hydrogens is 258 g/mol. The summed E-state index contributed by atoms with van der Waals surface area (Å²) in [6, 6.07) is 12.6. The standard InChI is InChI=1S/C19H25NO/c1-13(2)18-8-5-14(3)11-19(18)21-17-7-6-16(9-10-20)15(4)12-17/h5-8,11-13H,9-10,20H2,1-4H3. The lowest BCUT2D eigenvalue weighted by molar-refractivity contribution is 0.472. The second-order valence-electron chi connectivity index (χ2n) is 5.93. The fourth-order valence-corrected chi connectivity index (χ4v) is 2.50. The van der Waals surface area contributed by atoms with Crippen LogP contribution in [0.25, 0.3) is 0 Å². The van der Waals surface area contributed by atoms with Crippen molar-refractivity contribution in [1.29, 1.82) is 0 Å². The van der Waals surface area contributed by atoms with Gasteiger partial charge in [0, 0.05) is 0 Å². The lowest BCUT2D eigenvalue weighted by atomic mass is 10.0. The Kier molecular flexibility index (Phi) is 5.03. The van der Waals surface area contributed by atoms with Gasteiger partial charge in [-0.1, -0.05) is 32.0 Å². The van der Waals surface area contributed by atoms with E-state index in [2.05, 4.69) is 58.0 Å². The number of benzene rings is 2. The van der Waals surface area contributed by atoms with Crippen molar-refractivity contribution in [2.45, 2.75) is 40.0 Å². The van der Waals surface area contributed by atoms with E-state index in [4.69, 9.17) is 10.5 Å². The Morgan fingerprint density at radius 3 is 2.43 bits per heavy atom. The second kappa shape index (κ2) is 6.77. The molecule has 0 atom stereocenters. The van der Waals surface area contributed by atoms with Crippen molar-refractivity contribution in [3.05, 3.63) is 58.7 Å². The van der Waals surface area contributed by atoms with Crippen molar-refractivity contribution in [3.8, 4) is 11.5 Å². The lowest BCUT2D eigenvalue weighted by Crippen LogP contribution is -2.04. The van der Waals surface area contributed by atoms with Gasteiger partial charge in [-0.05, 0) is 73.2 Å². The summed E-state index contributed by atoms with van der Waals surface area (Å²) in [5, 5.41) is 0. The van der Waals surface area contributed by atoms with Crippen LogP contribution in [0.4, 0.5) is 0 Å². The zero-order valence-corrected chi connectivity index (χ0v) is 13.4. The van der Waals surface area contributed by atoms with Crippen LogP contribution >= 0.6 is 0 Å². The van der Waals surface area contributed by atoms with Crippen molar-refractivity contribution >= 4 is 0 Å². The van der Waals surface area contributed by atoms with Crippen molar-refractivity contribution in [2.24, 2.45) is 5.73 Å². The van der Waals surface area contributed by atoms with Crippen LogP contribution in [0.1, 0.15) is 42.0 Å². The summed E-state index contributed by atoms with van der Waals surface area (Å²) in [7, 11) is 0. The van der Waals surface area contributed by atoms with Gasteiger partial charge < -0.3 is 10.5 Å². The molecule has 0 fully saturated rings. The molecule has 2 N–H and O–H groups in total. The fourth-order valence-electron chi connectivity index (χ4n) is 2.50. The molecule has 0 amide bonds. The SMILES string of the molecule is Cc1ccc(C(C)C)c(Oc2ccc(CCN)c(C)c2)c1. The van der Waals surface area contributed by atoms with Gasteiger partial charge in [0.2, 0.25) is 0 Å². The highest BCUT2D eigenvalue weighted by Gasteiger charge is 2.10. The third kappa shape index (κ3) is 3.85. The third-order valence-corrected chi connectivity index (χ3v) is 3.75. The van der Waals surface area contributed by atoms with Gasteiger partial charge in [0.05, 0.1) is 0 Å². The van der Waals surface area contributed by atoms with Crippen LogP contribution in [0.3, 0.4) is 0 Å². The minimum atomic E-state index is 0.443. The average Bonchev–Trinajstić information content (AvgIpc) is 2.42. The molecule has 0 radical (unpaired) electrons. The summed E-state index contributed by atoms with van der Waals surface area (Å²) < 4.78 is 6.13. The molecule has 112 valence electrons. The van der Waals surface area contributed by atoms with E-state index in [0.717, 1.165) is 17.9 Å². The largest absolute Gasteiger partial charge is 0.457 e. The summed E-state index contributed by atoms with van der Waals surface area (Å²) in [5.74, 6) is 2.29. The van der Waals surface area contributed by atoms with Gasteiger partial charge in [-0.15, -0.1) is 0 Å². The first-order valence-electron chi connectivity index (χ1n) is 7.59. The normalized spacial score (nSPS) is 11.0. The fraction of sp³-hybridized carbons (Fsp3) is 0.368. The van der Waals surface area contributed by atoms with Crippen molar-refractivity contribution in [1.82, 2.24) is 0 Å². The van der Waals surface area contributed by atoms with Gasteiger partial charge in [0.25, 0.3) is 0 Å². The maximum Gasteiger partial charge on any atom is 0.131 e. The zero-order valence-electron chi connectivity index (χ0n) is 13.4. The van der Waals surface area contributed by atoms with Crippen LogP contribution in [-0.4, -0.2) is 6.54 Å². The number of rotatable bonds is 5. The van der Waals surface area contributed by atoms with E-state index >= 15 is 0 Å². The van der Waals surface area contributed by atoms with E-state index in [9.17, 15) is 0 Å². The first kappa shape index (κ1) is 15.6. The van der Waals surface area contributed by atoms with E-state index in [0.29, 0.717) is 12.5 Å². The molecule has 0 heterocycles. The van der Waals surface area contributed by atoms with E-state index in [1.54, 1.807) is 0 Å². The monoisotopic (exact) mass is 283 g/mol. The van der Waals surface area contributed by atoms with Gasteiger partial charge >= 0.3 is 0 Å². The summed E-state index contributed by atoms with van der Waals surface area (Å²) in [4.78, 5) is 0. The zero-order chi connectivity index (χ0) is 15.4. The Bertz CT molecular complexity index is 617. The van der Waals surface area contributed by atoms with Crippen LogP contribution in [0.2, 0.25) is 0 Å². The highest BCUT2D eigenvalue weighted by atomic mass is 16.5. The average molecular weight is 283 g/mol. The van der Waals surface area contributed by atoms with Crippen LogP contribution in [0.15, 0.2) is 36.4 Å². The summed E-state index contributed by atoms with van der Waals surface area (Å²) in [5.41, 5.74) is 10.6. The maximum atomic E-state index is 6.13. The smallest absolute Gasteiger partial charge is 0.131 e. The first-order chi connectivity index (χ1) is 10.0. The Morgan fingerprint density at radius 1 is 1.05 bits per heavy atom.